The Morgan fingerprint density at radius 3 is 2.45 bits per heavy atom. The normalized spacial score (nSPS) is 10.4. The van der Waals surface area contributed by atoms with Crippen molar-refractivity contribution < 1.29 is 4.74 Å². The molecule has 0 saturated heterocycles. The van der Waals surface area contributed by atoms with Gasteiger partial charge in [0.1, 0.15) is 5.75 Å². The maximum Gasteiger partial charge on any atom is 0.118 e. The van der Waals surface area contributed by atoms with Gasteiger partial charge in [0.05, 0.1) is 12.8 Å². The Morgan fingerprint density at radius 1 is 0.955 bits per heavy atom. The molecule has 0 saturated carbocycles. The fraction of sp³-hybridized carbons (Fsp3) is 0.105. The first-order valence-corrected chi connectivity index (χ1v) is 8.11. The lowest BCUT2D eigenvalue weighted by atomic mass is 10.1. The van der Waals surface area contributed by atoms with Crippen molar-refractivity contribution in [1.82, 2.24) is 4.98 Å². The highest BCUT2D eigenvalue weighted by Crippen LogP contribution is 2.27. The molecule has 0 unspecified atom stereocenters. The van der Waals surface area contributed by atoms with Crippen LogP contribution in [0.1, 0.15) is 5.56 Å². The lowest BCUT2D eigenvalue weighted by Gasteiger charge is -2.06. The van der Waals surface area contributed by atoms with Crippen LogP contribution in [0.4, 0.5) is 0 Å². The lowest BCUT2D eigenvalue weighted by Crippen LogP contribution is -1.86. The molecule has 0 spiro atoms. The highest BCUT2D eigenvalue weighted by atomic mass is 32.2. The molecule has 0 radical (unpaired) electrons. The first-order chi connectivity index (χ1) is 10.8. The van der Waals surface area contributed by atoms with E-state index in [-0.39, 0.29) is 0 Å². The number of pyridine rings is 1. The number of thioether (sulfide) groups is 1. The predicted octanol–water partition coefficient (Wildman–Crippen LogP) is 5.05. The fourth-order valence-electron chi connectivity index (χ4n) is 2.16. The third-order valence-electron chi connectivity index (χ3n) is 3.37. The maximum absolute atomic E-state index is 5.18. The monoisotopic (exact) mass is 307 g/mol. The minimum Gasteiger partial charge on any atom is -0.497 e. The average Bonchev–Trinajstić information content (AvgIpc) is 2.61. The standard InChI is InChI=1S/C19H17NOS/c1-21-17-9-7-15(8-10-17)14-22-18-11-12-20-19(13-18)16-5-3-2-4-6-16/h2-13H,14H2,1H3. The molecule has 3 rings (SSSR count). The van der Waals surface area contributed by atoms with Crippen molar-refractivity contribution in [1.29, 1.82) is 0 Å². The molecule has 3 aromatic rings. The number of nitrogens with zero attached hydrogens (tertiary/aromatic N) is 1. The van der Waals surface area contributed by atoms with Gasteiger partial charge in [-0.25, -0.2) is 0 Å². The lowest BCUT2D eigenvalue weighted by molar-refractivity contribution is 0.414. The van der Waals surface area contributed by atoms with Gasteiger partial charge in [-0.15, -0.1) is 11.8 Å². The molecule has 0 aliphatic carbocycles. The second-order valence-electron chi connectivity index (χ2n) is 4.88. The number of methoxy groups -OCH3 is 1. The van der Waals surface area contributed by atoms with E-state index in [2.05, 4.69) is 41.4 Å². The average molecular weight is 307 g/mol. The Labute approximate surface area is 135 Å². The van der Waals surface area contributed by atoms with E-state index in [0.29, 0.717) is 0 Å². The number of benzene rings is 2. The molecular weight excluding hydrogens is 290 g/mol. The molecule has 1 heterocycles. The second-order valence-corrected chi connectivity index (χ2v) is 5.93. The highest BCUT2D eigenvalue weighted by Gasteiger charge is 2.02. The van der Waals surface area contributed by atoms with Gasteiger partial charge in [0.2, 0.25) is 0 Å². The van der Waals surface area contributed by atoms with Gasteiger partial charge in [-0.05, 0) is 29.8 Å². The minimum absolute atomic E-state index is 0.893. The third-order valence-corrected chi connectivity index (χ3v) is 4.43. The Hall–Kier alpha value is -2.26. The summed E-state index contributed by atoms with van der Waals surface area (Å²) in [5.41, 5.74) is 3.44. The highest BCUT2D eigenvalue weighted by molar-refractivity contribution is 7.98. The van der Waals surface area contributed by atoms with Crippen LogP contribution in [0.5, 0.6) is 5.75 Å². The van der Waals surface area contributed by atoms with E-state index >= 15 is 0 Å². The Bertz CT molecular complexity index is 726. The van der Waals surface area contributed by atoms with Gasteiger partial charge in [-0.2, -0.15) is 0 Å². The first kappa shape index (κ1) is 14.7. The van der Waals surface area contributed by atoms with Gasteiger partial charge in [-0.3, -0.25) is 4.98 Å². The van der Waals surface area contributed by atoms with Gasteiger partial charge in [-0.1, -0.05) is 42.5 Å². The number of aromatic nitrogens is 1. The topological polar surface area (TPSA) is 22.1 Å². The summed E-state index contributed by atoms with van der Waals surface area (Å²) in [7, 11) is 1.69. The number of rotatable bonds is 5. The van der Waals surface area contributed by atoms with Crippen LogP contribution in [0.2, 0.25) is 0 Å². The van der Waals surface area contributed by atoms with Crippen molar-refractivity contribution >= 4 is 11.8 Å². The summed E-state index contributed by atoms with van der Waals surface area (Å²) in [4.78, 5) is 5.68. The molecule has 2 aromatic carbocycles. The smallest absolute Gasteiger partial charge is 0.118 e. The van der Waals surface area contributed by atoms with Crippen molar-refractivity contribution in [2.75, 3.05) is 7.11 Å². The van der Waals surface area contributed by atoms with E-state index in [4.69, 9.17) is 4.74 Å². The molecule has 0 aliphatic rings. The maximum atomic E-state index is 5.18. The Morgan fingerprint density at radius 2 is 1.73 bits per heavy atom. The summed E-state index contributed by atoms with van der Waals surface area (Å²) in [5, 5.41) is 0. The van der Waals surface area contributed by atoms with Crippen molar-refractivity contribution in [2.45, 2.75) is 10.6 Å². The molecular formula is C19H17NOS. The van der Waals surface area contributed by atoms with Crippen LogP contribution < -0.4 is 4.74 Å². The molecule has 110 valence electrons. The van der Waals surface area contributed by atoms with E-state index in [1.807, 2.05) is 48.3 Å². The van der Waals surface area contributed by atoms with Gasteiger partial charge in [0, 0.05) is 22.4 Å². The summed E-state index contributed by atoms with van der Waals surface area (Å²) in [6.07, 6.45) is 1.87. The molecule has 0 aliphatic heterocycles. The molecule has 0 atom stereocenters. The molecule has 3 heteroatoms. The summed E-state index contributed by atoms with van der Waals surface area (Å²) < 4.78 is 5.18. The van der Waals surface area contributed by atoms with Crippen molar-refractivity contribution in [3.05, 3.63) is 78.5 Å². The van der Waals surface area contributed by atoms with Crippen LogP contribution in [0.15, 0.2) is 77.8 Å². The molecule has 0 fully saturated rings. The SMILES string of the molecule is COc1ccc(CSc2ccnc(-c3ccccc3)c2)cc1. The minimum atomic E-state index is 0.893. The van der Waals surface area contributed by atoms with Gasteiger partial charge in [0.25, 0.3) is 0 Å². The first-order valence-electron chi connectivity index (χ1n) is 7.12. The van der Waals surface area contributed by atoms with E-state index in [1.165, 1.54) is 10.5 Å². The van der Waals surface area contributed by atoms with Crippen LogP contribution >= 0.6 is 11.8 Å². The summed E-state index contributed by atoms with van der Waals surface area (Å²) in [6, 6.07) is 22.7. The molecule has 0 N–H and O–H groups in total. The van der Waals surface area contributed by atoms with E-state index in [9.17, 15) is 0 Å². The molecule has 0 bridgehead atoms. The van der Waals surface area contributed by atoms with Crippen LogP contribution in [0, 0.1) is 0 Å². The molecule has 0 amide bonds. The quantitative estimate of drug-likeness (QED) is 0.616. The summed E-state index contributed by atoms with van der Waals surface area (Å²) in [5.74, 6) is 1.83. The Balaban J connectivity index is 1.70. The zero-order chi connectivity index (χ0) is 15.2. The molecule has 2 nitrogen and oxygen atoms in total. The zero-order valence-electron chi connectivity index (χ0n) is 12.4. The van der Waals surface area contributed by atoms with E-state index in [1.54, 1.807) is 7.11 Å². The van der Waals surface area contributed by atoms with Gasteiger partial charge < -0.3 is 4.74 Å². The van der Waals surface area contributed by atoms with Gasteiger partial charge >= 0.3 is 0 Å². The van der Waals surface area contributed by atoms with Crippen LogP contribution in [0.25, 0.3) is 11.3 Å². The largest absolute Gasteiger partial charge is 0.497 e. The molecule has 1 aromatic heterocycles. The number of hydrogen-bond donors (Lipinski definition) is 0. The van der Waals surface area contributed by atoms with Crippen LogP contribution in [-0.2, 0) is 5.75 Å². The fourth-order valence-corrected chi connectivity index (χ4v) is 3.03. The van der Waals surface area contributed by atoms with E-state index in [0.717, 1.165) is 22.8 Å². The van der Waals surface area contributed by atoms with Crippen LogP contribution in [0.3, 0.4) is 0 Å². The van der Waals surface area contributed by atoms with E-state index < -0.39 is 0 Å². The summed E-state index contributed by atoms with van der Waals surface area (Å²) in [6.45, 7) is 0. The summed E-state index contributed by atoms with van der Waals surface area (Å²) >= 11 is 1.81. The number of ether oxygens (including phenoxy) is 1. The second kappa shape index (κ2) is 7.14. The molecule has 22 heavy (non-hydrogen) atoms. The number of hydrogen-bond acceptors (Lipinski definition) is 3. The predicted molar refractivity (Wildman–Crippen MR) is 92.2 cm³/mol. The van der Waals surface area contributed by atoms with Crippen molar-refractivity contribution in [2.24, 2.45) is 0 Å². The van der Waals surface area contributed by atoms with Crippen molar-refractivity contribution in [3.8, 4) is 17.0 Å². The van der Waals surface area contributed by atoms with Crippen molar-refractivity contribution in [3.63, 3.8) is 0 Å². The Kier molecular flexibility index (Phi) is 4.76. The zero-order valence-corrected chi connectivity index (χ0v) is 13.2. The van der Waals surface area contributed by atoms with Crippen LogP contribution in [-0.4, -0.2) is 12.1 Å². The third kappa shape index (κ3) is 3.68. The van der Waals surface area contributed by atoms with Gasteiger partial charge in [0.15, 0.2) is 0 Å².